The van der Waals surface area contributed by atoms with Gasteiger partial charge in [-0.1, -0.05) is 36.4 Å². The molecular weight excluding hydrogens is 392 g/mol. The molecule has 2 amide bonds. The number of amides is 2. The molecule has 0 radical (unpaired) electrons. The Morgan fingerprint density at radius 3 is 2.50 bits per heavy atom. The minimum Gasteiger partial charge on any atom is -0.336 e. The van der Waals surface area contributed by atoms with Gasteiger partial charge >= 0.3 is 6.03 Å². The first kappa shape index (κ1) is 21.3. The van der Waals surface area contributed by atoms with Crippen LogP contribution in [0.1, 0.15) is 36.2 Å². The highest BCUT2D eigenvalue weighted by molar-refractivity contribution is 7.10. The molecule has 2 aromatic rings. The Bertz CT molecular complexity index is 785. The molecule has 1 saturated carbocycles. The molecule has 2 heterocycles. The zero-order valence-corrected chi connectivity index (χ0v) is 19.0. The third kappa shape index (κ3) is 5.42. The largest absolute Gasteiger partial charge is 0.336 e. The molecule has 2 fully saturated rings. The summed E-state index contributed by atoms with van der Waals surface area (Å²) in [5, 5.41) is 5.44. The van der Waals surface area contributed by atoms with Crippen LogP contribution in [-0.4, -0.2) is 66.5 Å². The topological polar surface area (TPSA) is 38.8 Å². The zero-order valence-electron chi connectivity index (χ0n) is 18.2. The number of hydrogen-bond donors (Lipinski definition) is 1. The summed E-state index contributed by atoms with van der Waals surface area (Å²) >= 11 is 1.79. The van der Waals surface area contributed by atoms with Crippen LogP contribution in [0.5, 0.6) is 0 Å². The maximum absolute atomic E-state index is 13.3. The Hall–Kier alpha value is -1.89. The van der Waals surface area contributed by atoms with Crippen molar-refractivity contribution >= 4 is 17.4 Å². The first-order valence-electron chi connectivity index (χ1n) is 11.2. The lowest BCUT2D eigenvalue weighted by molar-refractivity contribution is 0.109. The SMILES string of the molecule is C[C@@H](C1CC1)N(Cc1ccccc1)C(=O)NC[C@@H](c1cccs1)N1CCN(C)CC1. The van der Waals surface area contributed by atoms with E-state index < -0.39 is 0 Å². The number of nitrogens with zero attached hydrogens (tertiary/aromatic N) is 3. The number of nitrogens with one attached hydrogen (secondary N) is 1. The van der Waals surface area contributed by atoms with Gasteiger partial charge in [0.1, 0.15) is 0 Å². The lowest BCUT2D eigenvalue weighted by Crippen LogP contribution is -2.51. The predicted octanol–water partition coefficient (Wildman–Crippen LogP) is 4.05. The van der Waals surface area contributed by atoms with E-state index in [1.54, 1.807) is 11.3 Å². The highest BCUT2D eigenvalue weighted by Crippen LogP contribution is 2.36. The summed E-state index contributed by atoms with van der Waals surface area (Å²) < 4.78 is 0. The van der Waals surface area contributed by atoms with Gasteiger partial charge in [0.25, 0.3) is 0 Å². The van der Waals surface area contributed by atoms with Crippen molar-refractivity contribution in [3.63, 3.8) is 0 Å². The molecule has 162 valence electrons. The molecule has 1 saturated heterocycles. The fourth-order valence-corrected chi connectivity index (χ4v) is 5.18. The van der Waals surface area contributed by atoms with Gasteiger partial charge in [-0.3, -0.25) is 4.90 Å². The van der Waals surface area contributed by atoms with Gasteiger partial charge in [-0.2, -0.15) is 0 Å². The molecule has 1 aliphatic carbocycles. The van der Waals surface area contributed by atoms with E-state index in [4.69, 9.17) is 0 Å². The Kier molecular flexibility index (Phi) is 7.08. The second-order valence-corrected chi connectivity index (χ2v) is 9.73. The van der Waals surface area contributed by atoms with Crippen molar-refractivity contribution < 1.29 is 4.79 Å². The second-order valence-electron chi connectivity index (χ2n) is 8.75. The lowest BCUT2D eigenvalue weighted by atomic mass is 10.1. The summed E-state index contributed by atoms with van der Waals surface area (Å²) in [4.78, 5) is 21.6. The van der Waals surface area contributed by atoms with Crippen LogP contribution in [0.2, 0.25) is 0 Å². The van der Waals surface area contributed by atoms with Crippen LogP contribution >= 0.6 is 11.3 Å². The van der Waals surface area contributed by atoms with Crippen molar-refractivity contribution in [3.8, 4) is 0 Å². The molecule has 4 rings (SSSR count). The summed E-state index contributed by atoms with van der Waals surface area (Å²) in [6.07, 6.45) is 2.47. The van der Waals surface area contributed by atoms with Crippen molar-refractivity contribution in [1.82, 2.24) is 20.0 Å². The highest BCUT2D eigenvalue weighted by Gasteiger charge is 2.35. The van der Waals surface area contributed by atoms with Crippen molar-refractivity contribution in [2.45, 2.75) is 38.4 Å². The second kappa shape index (κ2) is 9.94. The summed E-state index contributed by atoms with van der Waals surface area (Å²) in [5.74, 6) is 0.644. The Morgan fingerprint density at radius 2 is 1.87 bits per heavy atom. The van der Waals surface area contributed by atoms with E-state index in [0.717, 1.165) is 26.2 Å². The molecule has 1 aromatic carbocycles. The number of urea groups is 1. The van der Waals surface area contributed by atoms with E-state index in [0.29, 0.717) is 19.0 Å². The average molecular weight is 427 g/mol. The standard InChI is InChI=1S/C24H34N4OS/c1-19(21-10-11-21)28(18-20-7-4-3-5-8-20)24(29)25-17-22(23-9-6-16-30-23)27-14-12-26(2)13-15-27/h3-9,16,19,21-22H,10-15,17-18H2,1-2H3,(H,25,29)/t19-,22-/m0/s1. The lowest BCUT2D eigenvalue weighted by Gasteiger charge is -2.38. The fraction of sp³-hybridized carbons (Fsp3) is 0.542. The van der Waals surface area contributed by atoms with Crippen LogP contribution in [-0.2, 0) is 6.54 Å². The normalized spacial score (nSPS) is 19.9. The van der Waals surface area contributed by atoms with Crippen LogP contribution < -0.4 is 5.32 Å². The zero-order chi connectivity index (χ0) is 20.9. The van der Waals surface area contributed by atoms with Gasteiger partial charge in [0, 0.05) is 50.2 Å². The first-order chi connectivity index (χ1) is 14.6. The molecule has 5 nitrogen and oxygen atoms in total. The molecule has 30 heavy (non-hydrogen) atoms. The van der Waals surface area contributed by atoms with Gasteiger partial charge in [0.05, 0.1) is 6.04 Å². The molecule has 2 aliphatic rings. The fourth-order valence-electron chi connectivity index (χ4n) is 4.32. The number of benzene rings is 1. The van der Waals surface area contributed by atoms with Crippen LogP contribution in [0, 0.1) is 5.92 Å². The van der Waals surface area contributed by atoms with Crippen molar-refractivity contribution in [1.29, 1.82) is 0 Å². The molecule has 6 heteroatoms. The summed E-state index contributed by atoms with van der Waals surface area (Å²) in [6.45, 7) is 7.78. The monoisotopic (exact) mass is 426 g/mol. The maximum atomic E-state index is 13.3. The molecule has 1 aromatic heterocycles. The highest BCUT2D eigenvalue weighted by atomic mass is 32.1. The van der Waals surface area contributed by atoms with Crippen molar-refractivity contribution in [3.05, 3.63) is 58.3 Å². The number of thiophene rings is 1. The molecule has 0 bridgehead atoms. The van der Waals surface area contributed by atoms with E-state index in [2.05, 4.69) is 58.7 Å². The first-order valence-corrected chi connectivity index (χ1v) is 12.0. The minimum absolute atomic E-state index is 0.0638. The van der Waals surface area contributed by atoms with Crippen LogP contribution in [0.25, 0.3) is 0 Å². The van der Waals surface area contributed by atoms with Crippen LogP contribution in [0.4, 0.5) is 4.79 Å². The Morgan fingerprint density at radius 1 is 1.13 bits per heavy atom. The average Bonchev–Trinajstić information content (AvgIpc) is 3.48. The maximum Gasteiger partial charge on any atom is 0.318 e. The summed E-state index contributed by atoms with van der Waals surface area (Å²) in [5.41, 5.74) is 1.19. The number of carbonyl (C=O) groups excluding carboxylic acids is 1. The number of hydrogen-bond acceptors (Lipinski definition) is 4. The quantitative estimate of drug-likeness (QED) is 0.692. The summed E-state index contributed by atoms with van der Waals surface area (Å²) in [7, 11) is 2.18. The van der Waals surface area contributed by atoms with Gasteiger partial charge in [-0.25, -0.2) is 4.79 Å². The molecule has 0 spiro atoms. The van der Waals surface area contributed by atoms with E-state index in [1.807, 2.05) is 23.1 Å². The molecular formula is C24H34N4OS. The van der Waals surface area contributed by atoms with Crippen LogP contribution in [0.15, 0.2) is 47.8 Å². The molecule has 1 N–H and O–H groups in total. The predicted molar refractivity (Wildman–Crippen MR) is 124 cm³/mol. The van der Waals surface area contributed by atoms with Gasteiger partial charge in [0.15, 0.2) is 0 Å². The van der Waals surface area contributed by atoms with Gasteiger partial charge in [-0.15, -0.1) is 11.3 Å². The van der Waals surface area contributed by atoms with E-state index in [9.17, 15) is 4.79 Å². The number of piperazine rings is 1. The van der Waals surface area contributed by atoms with E-state index >= 15 is 0 Å². The van der Waals surface area contributed by atoms with E-state index in [-0.39, 0.29) is 18.1 Å². The van der Waals surface area contributed by atoms with Crippen molar-refractivity contribution in [2.75, 3.05) is 39.8 Å². The number of likely N-dealkylation sites (N-methyl/N-ethyl adjacent to an activating group) is 1. The van der Waals surface area contributed by atoms with Gasteiger partial charge in [0.2, 0.25) is 0 Å². The van der Waals surface area contributed by atoms with Crippen molar-refractivity contribution in [2.24, 2.45) is 5.92 Å². The van der Waals surface area contributed by atoms with Gasteiger partial charge < -0.3 is 15.1 Å². The van der Waals surface area contributed by atoms with Gasteiger partial charge in [-0.05, 0) is 49.7 Å². The summed E-state index contributed by atoms with van der Waals surface area (Å²) in [6, 6.07) is 15.2. The number of rotatable bonds is 8. The third-order valence-corrected chi connectivity index (χ3v) is 7.52. The minimum atomic E-state index is 0.0638. The Balaban J connectivity index is 1.43. The van der Waals surface area contributed by atoms with Crippen LogP contribution in [0.3, 0.4) is 0 Å². The molecule has 1 aliphatic heterocycles. The van der Waals surface area contributed by atoms with E-state index in [1.165, 1.54) is 23.3 Å². The Labute approximate surface area is 184 Å². The molecule has 2 atom stereocenters. The molecule has 0 unspecified atom stereocenters. The number of carbonyl (C=O) groups is 1. The third-order valence-electron chi connectivity index (χ3n) is 6.55. The smallest absolute Gasteiger partial charge is 0.318 e.